The third-order valence-electron chi connectivity index (χ3n) is 5.02. The van der Waals surface area contributed by atoms with Crippen LogP contribution in [-0.2, 0) is 0 Å². The molecule has 0 saturated carbocycles. The Bertz CT molecular complexity index is 1170. The summed E-state index contributed by atoms with van der Waals surface area (Å²) in [6, 6.07) is 24.4. The van der Waals surface area contributed by atoms with E-state index >= 15 is 0 Å². The second-order valence-corrected chi connectivity index (χ2v) is 8.74. The van der Waals surface area contributed by atoms with Crippen LogP contribution in [0, 0.1) is 0 Å². The van der Waals surface area contributed by atoms with Crippen LogP contribution in [0.25, 0.3) is 20.2 Å². The minimum Gasteiger partial charge on any atom is -0.334 e. The molecule has 1 aliphatic carbocycles. The highest BCUT2D eigenvalue weighted by Gasteiger charge is 2.19. The summed E-state index contributed by atoms with van der Waals surface area (Å²) in [6.45, 7) is 0. The monoisotopic (exact) mass is 431 g/mol. The van der Waals surface area contributed by atoms with Crippen molar-refractivity contribution in [2.45, 2.75) is 12.5 Å². The van der Waals surface area contributed by atoms with Crippen LogP contribution in [0.3, 0.4) is 0 Å². The zero-order valence-electron chi connectivity index (χ0n) is 14.7. The van der Waals surface area contributed by atoms with Gasteiger partial charge in [0.25, 0.3) is 0 Å². The number of thiophene rings is 1. The van der Waals surface area contributed by atoms with Crippen LogP contribution in [0.2, 0.25) is 0 Å². The van der Waals surface area contributed by atoms with Crippen molar-refractivity contribution in [2.24, 2.45) is 0 Å². The Labute approximate surface area is 171 Å². The van der Waals surface area contributed by atoms with Gasteiger partial charge in [0.05, 0.1) is 6.04 Å². The van der Waals surface area contributed by atoms with Crippen molar-refractivity contribution >= 4 is 58.8 Å². The molecule has 1 atom stereocenters. The van der Waals surface area contributed by atoms with E-state index in [-0.39, 0.29) is 0 Å². The van der Waals surface area contributed by atoms with Crippen LogP contribution in [-0.4, -0.2) is 6.04 Å². The molecule has 0 fully saturated rings. The van der Waals surface area contributed by atoms with E-state index < -0.39 is 0 Å². The number of hydrogen-bond donors (Lipinski definition) is 0. The summed E-state index contributed by atoms with van der Waals surface area (Å²) in [5.74, 6) is 0. The molecule has 1 aliphatic rings. The van der Waals surface area contributed by atoms with Crippen molar-refractivity contribution in [3.05, 3.63) is 95.5 Å². The first-order chi connectivity index (χ1) is 13.3. The van der Waals surface area contributed by atoms with Crippen molar-refractivity contribution in [3.63, 3.8) is 0 Å². The normalized spacial score (nSPS) is 16.3. The summed E-state index contributed by atoms with van der Waals surface area (Å²) in [5, 5.41) is 2.66. The van der Waals surface area contributed by atoms with E-state index in [1.54, 1.807) is 0 Å². The van der Waals surface area contributed by atoms with Gasteiger partial charge < -0.3 is 4.90 Å². The summed E-state index contributed by atoms with van der Waals surface area (Å²) in [7, 11) is 0. The van der Waals surface area contributed by atoms with Gasteiger partial charge in [-0.15, -0.1) is 11.3 Å². The van der Waals surface area contributed by atoms with Gasteiger partial charge in [0, 0.05) is 36.0 Å². The molecule has 0 radical (unpaired) electrons. The van der Waals surface area contributed by atoms with Crippen molar-refractivity contribution in [2.75, 3.05) is 4.90 Å². The molecule has 0 N–H and O–H groups in total. The minimum absolute atomic E-state index is 0.332. The number of hydrogen-bond acceptors (Lipinski definition) is 2. The molecule has 0 spiro atoms. The van der Waals surface area contributed by atoms with E-state index in [1.807, 2.05) is 11.3 Å². The van der Waals surface area contributed by atoms with E-state index in [2.05, 4.69) is 112 Å². The van der Waals surface area contributed by atoms with Crippen LogP contribution >= 0.6 is 27.3 Å². The van der Waals surface area contributed by atoms with E-state index in [0.29, 0.717) is 6.04 Å². The third-order valence-corrected chi connectivity index (χ3v) is 6.63. The third kappa shape index (κ3) is 3.11. The van der Waals surface area contributed by atoms with Crippen LogP contribution < -0.4 is 4.90 Å². The Balaban J connectivity index is 1.66. The molecule has 27 heavy (non-hydrogen) atoms. The van der Waals surface area contributed by atoms with Crippen molar-refractivity contribution in [1.82, 2.24) is 0 Å². The van der Waals surface area contributed by atoms with Crippen LogP contribution in [0.15, 0.2) is 95.5 Å². The smallest absolute Gasteiger partial charge is 0.0559 e. The zero-order chi connectivity index (χ0) is 18.2. The molecule has 0 saturated heterocycles. The van der Waals surface area contributed by atoms with Gasteiger partial charge in [-0.2, -0.15) is 0 Å². The number of allylic oxidation sites excluding steroid dienone is 2. The zero-order valence-corrected chi connectivity index (χ0v) is 17.1. The summed E-state index contributed by atoms with van der Waals surface area (Å²) in [5.41, 5.74) is 2.47. The standard InChI is InChI=1S/C24H18BrNS/c25-17-11-13-21-22-14-12-20(16-24(22)27-23(21)15-17)26(18-7-3-1-4-8-18)19-9-5-2-6-10-19/h1-9,11-16,19H,10H2. The highest BCUT2D eigenvalue weighted by molar-refractivity contribution is 9.10. The number of para-hydroxylation sites is 1. The molecule has 1 heterocycles. The first-order valence-electron chi connectivity index (χ1n) is 9.09. The molecule has 5 rings (SSSR count). The van der Waals surface area contributed by atoms with Crippen LogP contribution in [0.4, 0.5) is 11.4 Å². The van der Waals surface area contributed by atoms with Gasteiger partial charge in [-0.05, 0) is 42.8 Å². The Hall–Kier alpha value is -2.36. The molecule has 4 aromatic rings. The van der Waals surface area contributed by atoms with E-state index in [1.165, 1.54) is 31.5 Å². The summed E-state index contributed by atoms with van der Waals surface area (Å²) < 4.78 is 3.78. The average Bonchev–Trinajstić information content (AvgIpc) is 3.06. The van der Waals surface area contributed by atoms with Gasteiger partial charge in [-0.25, -0.2) is 0 Å². The highest BCUT2D eigenvalue weighted by atomic mass is 79.9. The molecule has 0 aliphatic heterocycles. The molecule has 0 amide bonds. The first kappa shape index (κ1) is 16.8. The van der Waals surface area contributed by atoms with Crippen molar-refractivity contribution in [1.29, 1.82) is 0 Å². The van der Waals surface area contributed by atoms with E-state index in [0.717, 1.165) is 10.9 Å². The molecule has 0 bridgehead atoms. The number of anilines is 2. The lowest BCUT2D eigenvalue weighted by atomic mass is 10.0. The molecular formula is C24H18BrNS. The molecule has 1 aromatic heterocycles. The van der Waals surface area contributed by atoms with Gasteiger partial charge in [-0.1, -0.05) is 70.6 Å². The quantitative estimate of drug-likeness (QED) is 0.319. The number of nitrogens with zero attached hydrogens (tertiary/aromatic N) is 1. The van der Waals surface area contributed by atoms with Crippen molar-refractivity contribution in [3.8, 4) is 0 Å². The van der Waals surface area contributed by atoms with Gasteiger partial charge >= 0.3 is 0 Å². The lowest BCUT2D eigenvalue weighted by molar-refractivity contribution is 0.785. The first-order valence-corrected chi connectivity index (χ1v) is 10.7. The number of halogens is 1. The Morgan fingerprint density at radius 3 is 2.37 bits per heavy atom. The average molecular weight is 432 g/mol. The maximum atomic E-state index is 3.59. The molecular weight excluding hydrogens is 414 g/mol. The summed E-state index contributed by atoms with van der Waals surface area (Å²) in [4.78, 5) is 2.44. The highest BCUT2D eigenvalue weighted by Crippen LogP contribution is 2.39. The van der Waals surface area contributed by atoms with Gasteiger partial charge in [-0.3, -0.25) is 0 Å². The lowest BCUT2D eigenvalue weighted by Gasteiger charge is -2.32. The second kappa shape index (κ2) is 6.99. The fourth-order valence-corrected chi connectivity index (χ4v) is 5.46. The topological polar surface area (TPSA) is 3.24 Å². The largest absolute Gasteiger partial charge is 0.334 e. The van der Waals surface area contributed by atoms with Gasteiger partial charge in [0.15, 0.2) is 0 Å². The Morgan fingerprint density at radius 2 is 1.59 bits per heavy atom. The van der Waals surface area contributed by atoms with E-state index in [9.17, 15) is 0 Å². The van der Waals surface area contributed by atoms with Gasteiger partial charge in [0.2, 0.25) is 0 Å². The number of rotatable bonds is 3. The number of fused-ring (bicyclic) bond motifs is 3. The Morgan fingerprint density at radius 1 is 0.815 bits per heavy atom. The SMILES string of the molecule is Brc1ccc2c(c1)sc1cc(N(c3ccccc3)C3C=CC=CC3)ccc12. The summed E-state index contributed by atoms with van der Waals surface area (Å²) >= 11 is 5.46. The molecule has 1 unspecified atom stereocenters. The van der Waals surface area contributed by atoms with Crippen molar-refractivity contribution < 1.29 is 0 Å². The fourth-order valence-electron chi connectivity index (χ4n) is 3.77. The second-order valence-electron chi connectivity index (χ2n) is 6.74. The maximum Gasteiger partial charge on any atom is 0.0559 e. The Kier molecular flexibility index (Phi) is 4.35. The number of benzene rings is 3. The van der Waals surface area contributed by atoms with Crippen LogP contribution in [0.5, 0.6) is 0 Å². The maximum absolute atomic E-state index is 3.59. The molecule has 3 heteroatoms. The predicted octanol–water partition coefficient (Wildman–Crippen LogP) is 7.84. The molecule has 1 nitrogen and oxygen atoms in total. The van der Waals surface area contributed by atoms with Crippen LogP contribution in [0.1, 0.15) is 6.42 Å². The summed E-state index contributed by atoms with van der Waals surface area (Å²) in [6.07, 6.45) is 9.84. The molecule has 132 valence electrons. The fraction of sp³-hybridized carbons (Fsp3) is 0.0833. The van der Waals surface area contributed by atoms with Gasteiger partial charge in [0.1, 0.15) is 0 Å². The minimum atomic E-state index is 0.332. The predicted molar refractivity (Wildman–Crippen MR) is 122 cm³/mol. The van der Waals surface area contributed by atoms with E-state index in [4.69, 9.17) is 0 Å². The molecule has 3 aromatic carbocycles. The lowest BCUT2D eigenvalue weighted by Crippen LogP contribution is -2.29.